The molecule has 0 radical (unpaired) electrons. The molecule has 1 amide bonds. The van der Waals surface area contributed by atoms with Crippen molar-refractivity contribution >= 4 is 5.91 Å². The third-order valence-corrected chi connectivity index (χ3v) is 2.67. The molecule has 0 fully saturated rings. The molecule has 0 heterocycles. The molecule has 0 aliphatic rings. The van der Waals surface area contributed by atoms with E-state index in [2.05, 4.69) is 4.74 Å². The maximum Gasteiger partial charge on any atom is 0.411 e. The molecule has 24 heavy (non-hydrogen) atoms. The lowest BCUT2D eigenvalue weighted by atomic mass is 10.1. The summed E-state index contributed by atoms with van der Waals surface area (Å²) in [6.07, 6.45) is -9.39. The first-order valence-corrected chi connectivity index (χ1v) is 6.48. The lowest BCUT2D eigenvalue weighted by Gasteiger charge is -2.24. The highest BCUT2D eigenvalue weighted by Gasteiger charge is 2.34. The summed E-state index contributed by atoms with van der Waals surface area (Å²) in [5.41, 5.74) is 0.573. The zero-order chi connectivity index (χ0) is 18.4. The monoisotopic (exact) mass is 354 g/mol. The van der Waals surface area contributed by atoms with E-state index in [-0.39, 0.29) is 5.56 Å². The minimum absolute atomic E-state index is 0.279. The van der Waals surface area contributed by atoms with Gasteiger partial charge in [-0.15, -0.1) is 0 Å². The maximum absolute atomic E-state index is 12.5. The number of benzene rings is 1. The number of nitrogens with zero attached hydrogens (tertiary/aromatic N) is 2. The summed E-state index contributed by atoms with van der Waals surface area (Å²) >= 11 is 0. The van der Waals surface area contributed by atoms with E-state index in [1.165, 1.54) is 24.3 Å². The molecular weight excluding hydrogens is 342 g/mol. The van der Waals surface area contributed by atoms with Crippen molar-refractivity contribution in [2.24, 2.45) is 0 Å². The van der Waals surface area contributed by atoms with Crippen LogP contribution in [0.1, 0.15) is 11.1 Å². The predicted molar refractivity (Wildman–Crippen MR) is 69.5 cm³/mol. The Hall–Kier alpha value is -2.28. The van der Waals surface area contributed by atoms with Crippen LogP contribution in [0.4, 0.5) is 26.3 Å². The predicted octanol–water partition coefficient (Wildman–Crippen LogP) is 3.03. The summed E-state index contributed by atoms with van der Waals surface area (Å²) in [7, 11) is 0. The van der Waals surface area contributed by atoms with Crippen molar-refractivity contribution in [3.8, 4) is 6.07 Å². The zero-order valence-corrected chi connectivity index (χ0v) is 12.1. The number of nitriles is 1. The normalized spacial score (nSPS) is 11.9. The average Bonchev–Trinajstić information content (AvgIpc) is 2.44. The average molecular weight is 354 g/mol. The summed E-state index contributed by atoms with van der Waals surface area (Å²) in [4.78, 5) is 12.1. The fraction of sp³-hybridized carbons (Fsp3) is 0.429. The number of rotatable bonds is 6. The standard InChI is InChI=1S/C14H12F6N2O2/c15-13(16,17)8-22(12(23)7-24-9-14(18,19)20)6-11-3-1-10(5-21)2-4-11/h1-4H,6-9H2. The number of carbonyl (C=O) groups is 1. The van der Waals surface area contributed by atoms with Gasteiger partial charge in [0.1, 0.15) is 19.8 Å². The molecule has 0 N–H and O–H groups in total. The number of alkyl halides is 6. The lowest BCUT2D eigenvalue weighted by Crippen LogP contribution is -2.40. The van der Waals surface area contributed by atoms with Crippen LogP contribution in [0.15, 0.2) is 24.3 Å². The Kier molecular flexibility index (Phi) is 6.60. The van der Waals surface area contributed by atoms with E-state index < -0.39 is 44.6 Å². The smallest absolute Gasteiger partial charge is 0.362 e. The summed E-state index contributed by atoms with van der Waals surface area (Å²) in [6.45, 7) is -4.94. The van der Waals surface area contributed by atoms with Gasteiger partial charge >= 0.3 is 12.4 Å². The van der Waals surface area contributed by atoms with Crippen molar-refractivity contribution in [3.05, 3.63) is 35.4 Å². The number of hydrogen-bond donors (Lipinski definition) is 0. The molecule has 0 unspecified atom stereocenters. The van der Waals surface area contributed by atoms with Crippen LogP contribution in [0, 0.1) is 11.3 Å². The van der Waals surface area contributed by atoms with Gasteiger partial charge in [0, 0.05) is 6.54 Å². The Morgan fingerprint density at radius 2 is 1.67 bits per heavy atom. The number of amides is 1. The van der Waals surface area contributed by atoms with Crippen molar-refractivity contribution in [2.45, 2.75) is 18.9 Å². The van der Waals surface area contributed by atoms with E-state index in [4.69, 9.17) is 5.26 Å². The summed E-state index contributed by atoms with van der Waals surface area (Å²) in [6, 6.07) is 7.24. The molecule has 1 rings (SSSR count). The molecule has 10 heteroatoms. The Balaban J connectivity index is 2.75. The van der Waals surface area contributed by atoms with Gasteiger partial charge in [0.05, 0.1) is 11.6 Å². The van der Waals surface area contributed by atoms with Crippen molar-refractivity contribution in [1.29, 1.82) is 5.26 Å². The van der Waals surface area contributed by atoms with Crippen LogP contribution in [0.3, 0.4) is 0 Å². The number of carbonyl (C=O) groups excluding carboxylic acids is 1. The molecular formula is C14H12F6N2O2. The summed E-state index contributed by atoms with van der Waals surface area (Å²) < 4.78 is 77.5. The molecule has 0 aliphatic heterocycles. The van der Waals surface area contributed by atoms with Crippen LogP contribution in [-0.4, -0.2) is 42.9 Å². The van der Waals surface area contributed by atoms with Crippen molar-refractivity contribution in [2.75, 3.05) is 19.8 Å². The summed E-state index contributed by atoms with van der Waals surface area (Å²) in [5.74, 6) is -1.22. The number of halogens is 6. The van der Waals surface area contributed by atoms with Crippen LogP contribution in [0.5, 0.6) is 0 Å². The van der Waals surface area contributed by atoms with Gasteiger partial charge in [0.25, 0.3) is 0 Å². The van der Waals surface area contributed by atoms with E-state index in [0.29, 0.717) is 10.5 Å². The molecule has 0 aliphatic carbocycles. The minimum atomic E-state index is -4.72. The molecule has 132 valence electrons. The quantitative estimate of drug-likeness (QED) is 0.738. The SMILES string of the molecule is N#Cc1ccc(CN(CC(F)(F)F)C(=O)COCC(F)(F)F)cc1. The fourth-order valence-corrected chi connectivity index (χ4v) is 1.70. The van der Waals surface area contributed by atoms with E-state index in [9.17, 15) is 31.1 Å². The third kappa shape index (κ3) is 7.82. The first-order valence-electron chi connectivity index (χ1n) is 6.48. The van der Waals surface area contributed by atoms with E-state index >= 15 is 0 Å². The molecule has 0 saturated carbocycles. The van der Waals surface area contributed by atoms with Crippen LogP contribution in [0.2, 0.25) is 0 Å². The van der Waals surface area contributed by atoms with Crippen LogP contribution < -0.4 is 0 Å². The molecule has 0 atom stereocenters. The highest BCUT2D eigenvalue weighted by Crippen LogP contribution is 2.19. The highest BCUT2D eigenvalue weighted by atomic mass is 19.4. The number of ether oxygens (including phenoxy) is 1. The van der Waals surface area contributed by atoms with Gasteiger partial charge < -0.3 is 9.64 Å². The second-order valence-corrected chi connectivity index (χ2v) is 4.78. The van der Waals surface area contributed by atoms with Crippen molar-refractivity contribution in [3.63, 3.8) is 0 Å². The van der Waals surface area contributed by atoms with Crippen LogP contribution in [-0.2, 0) is 16.1 Å². The second kappa shape index (κ2) is 8.01. The molecule has 0 aromatic heterocycles. The second-order valence-electron chi connectivity index (χ2n) is 4.78. The van der Waals surface area contributed by atoms with Gasteiger partial charge in [-0.1, -0.05) is 12.1 Å². The Labute approximate surface area is 133 Å². The number of hydrogen-bond acceptors (Lipinski definition) is 3. The lowest BCUT2D eigenvalue weighted by molar-refractivity contribution is -0.183. The van der Waals surface area contributed by atoms with Gasteiger partial charge in [-0.05, 0) is 17.7 Å². The molecule has 0 bridgehead atoms. The largest absolute Gasteiger partial charge is 0.411 e. The molecule has 1 aromatic carbocycles. The van der Waals surface area contributed by atoms with Gasteiger partial charge in [-0.2, -0.15) is 31.6 Å². The summed E-state index contributed by atoms with van der Waals surface area (Å²) in [5, 5.41) is 8.64. The van der Waals surface area contributed by atoms with Crippen molar-refractivity contribution in [1.82, 2.24) is 4.90 Å². The molecule has 0 saturated heterocycles. The first kappa shape index (κ1) is 19.8. The van der Waals surface area contributed by atoms with Gasteiger partial charge in [-0.25, -0.2) is 0 Å². The van der Waals surface area contributed by atoms with E-state index in [0.717, 1.165) is 0 Å². The molecule has 1 aromatic rings. The van der Waals surface area contributed by atoms with Gasteiger partial charge in [-0.3, -0.25) is 4.79 Å². The fourth-order valence-electron chi connectivity index (χ4n) is 1.70. The zero-order valence-electron chi connectivity index (χ0n) is 12.1. The maximum atomic E-state index is 12.5. The van der Waals surface area contributed by atoms with Gasteiger partial charge in [0.15, 0.2) is 0 Å². The Morgan fingerprint density at radius 3 is 2.12 bits per heavy atom. The molecule has 4 nitrogen and oxygen atoms in total. The van der Waals surface area contributed by atoms with Crippen LogP contribution in [0.25, 0.3) is 0 Å². The highest BCUT2D eigenvalue weighted by molar-refractivity contribution is 5.77. The Bertz CT molecular complexity index is 589. The van der Waals surface area contributed by atoms with Crippen molar-refractivity contribution < 1.29 is 35.9 Å². The third-order valence-electron chi connectivity index (χ3n) is 2.67. The molecule has 0 spiro atoms. The Morgan fingerprint density at radius 1 is 1.08 bits per heavy atom. The topological polar surface area (TPSA) is 53.3 Å². The van der Waals surface area contributed by atoms with E-state index in [1.54, 1.807) is 0 Å². The van der Waals surface area contributed by atoms with Crippen LogP contribution >= 0.6 is 0 Å². The van der Waals surface area contributed by atoms with E-state index in [1.807, 2.05) is 6.07 Å². The first-order chi connectivity index (χ1) is 11.0. The minimum Gasteiger partial charge on any atom is -0.362 e. The van der Waals surface area contributed by atoms with Gasteiger partial charge in [0.2, 0.25) is 5.91 Å².